The normalized spacial score (nSPS) is 29.9. The third-order valence-electron chi connectivity index (χ3n) is 4.27. The van der Waals surface area contributed by atoms with Crippen molar-refractivity contribution in [1.29, 1.82) is 0 Å². The molecule has 3 aliphatic rings. The maximum atomic E-state index is 12.5. The lowest BCUT2D eigenvalue weighted by atomic mass is 10.1. The van der Waals surface area contributed by atoms with Crippen LogP contribution in [0.4, 0.5) is 0 Å². The van der Waals surface area contributed by atoms with Crippen LogP contribution in [-0.4, -0.2) is 62.2 Å². The average molecular weight is 290 g/mol. The summed E-state index contributed by atoms with van der Waals surface area (Å²) in [4.78, 5) is 0. The van der Waals surface area contributed by atoms with Crippen molar-refractivity contribution in [1.82, 2.24) is 8.61 Å². The van der Waals surface area contributed by atoms with Crippen LogP contribution >= 0.6 is 0 Å². The SMILES string of the molecule is O=S(=O)(N1CCCCC1)N1CCC2(CC1)OCCO2. The fraction of sp³-hybridized carbons (Fsp3) is 1.00. The highest BCUT2D eigenvalue weighted by Gasteiger charge is 2.43. The van der Waals surface area contributed by atoms with E-state index in [1.165, 1.54) is 0 Å². The predicted octanol–water partition coefficient (Wildman–Crippen LogP) is 0.556. The number of hydrogen-bond acceptors (Lipinski definition) is 4. The second-order valence-corrected chi connectivity index (χ2v) is 7.40. The Morgan fingerprint density at radius 2 is 1.32 bits per heavy atom. The van der Waals surface area contributed by atoms with E-state index >= 15 is 0 Å². The summed E-state index contributed by atoms with van der Waals surface area (Å²) in [5.74, 6) is -0.506. The molecule has 0 aromatic heterocycles. The van der Waals surface area contributed by atoms with Crippen molar-refractivity contribution in [3.8, 4) is 0 Å². The maximum Gasteiger partial charge on any atom is 0.281 e. The van der Waals surface area contributed by atoms with Crippen LogP contribution in [0.3, 0.4) is 0 Å². The van der Waals surface area contributed by atoms with Crippen molar-refractivity contribution in [2.45, 2.75) is 37.9 Å². The topological polar surface area (TPSA) is 59.1 Å². The molecule has 0 aliphatic carbocycles. The van der Waals surface area contributed by atoms with Gasteiger partial charge in [-0.1, -0.05) is 6.42 Å². The zero-order chi connectivity index (χ0) is 13.3. The van der Waals surface area contributed by atoms with E-state index in [1.54, 1.807) is 8.61 Å². The van der Waals surface area contributed by atoms with Gasteiger partial charge in [0.2, 0.25) is 0 Å². The highest BCUT2D eigenvalue weighted by Crippen LogP contribution is 2.32. The first-order valence-electron chi connectivity index (χ1n) is 7.16. The minimum Gasteiger partial charge on any atom is -0.347 e. The lowest BCUT2D eigenvalue weighted by Gasteiger charge is -2.39. The van der Waals surface area contributed by atoms with Gasteiger partial charge in [0, 0.05) is 39.0 Å². The third-order valence-corrected chi connectivity index (χ3v) is 6.30. The molecule has 0 N–H and O–H groups in total. The highest BCUT2D eigenvalue weighted by molar-refractivity contribution is 7.86. The molecule has 0 bridgehead atoms. The summed E-state index contributed by atoms with van der Waals surface area (Å²) in [5, 5.41) is 0. The molecule has 7 heteroatoms. The van der Waals surface area contributed by atoms with Crippen LogP contribution in [0.5, 0.6) is 0 Å². The quantitative estimate of drug-likeness (QED) is 0.745. The smallest absolute Gasteiger partial charge is 0.281 e. The van der Waals surface area contributed by atoms with Gasteiger partial charge in [0.15, 0.2) is 5.79 Å². The first-order chi connectivity index (χ1) is 9.12. The summed E-state index contributed by atoms with van der Waals surface area (Å²) in [5.41, 5.74) is 0. The fourth-order valence-electron chi connectivity index (χ4n) is 3.10. The Morgan fingerprint density at radius 3 is 1.89 bits per heavy atom. The summed E-state index contributed by atoms with van der Waals surface area (Å²) >= 11 is 0. The molecule has 3 fully saturated rings. The first-order valence-corrected chi connectivity index (χ1v) is 8.55. The van der Waals surface area contributed by atoms with E-state index in [0.717, 1.165) is 19.3 Å². The highest BCUT2D eigenvalue weighted by atomic mass is 32.2. The van der Waals surface area contributed by atoms with Gasteiger partial charge in [-0.2, -0.15) is 17.0 Å². The van der Waals surface area contributed by atoms with Gasteiger partial charge >= 0.3 is 0 Å². The Hall–Kier alpha value is -0.210. The van der Waals surface area contributed by atoms with Crippen LogP contribution in [0.25, 0.3) is 0 Å². The zero-order valence-electron chi connectivity index (χ0n) is 11.2. The van der Waals surface area contributed by atoms with Crippen LogP contribution < -0.4 is 0 Å². The van der Waals surface area contributed by atoms with E-state index in [9.17, 15) is 8.42 Å². The average Bonchev–Trinajstić information content (AvgIpc) is 2.89. The number of hydrogen-bond donors (Lipinski definition) is 0. The van der Waals surface area contributed by atoms with Gasteiger partial charge < -0.3 is 9.47 Å². The molecule has 0 aromatic carbocycles. The molecule has 0 atom stereocenters. The fourth-order valence-corrected chi connectivity index (χ4v) is 4.79. The molecule has 0 radical (unpaired) electrons. The maximum absolute atomic E-state index is 12.5. The summed E-state index contributed by atoms with van der Waals surface area (Å²) in [7, 11) is -3.28. The van der Waals surface area contributed by atoms with Crippen molar-refractivity contribution in [3.05, 3.63) is 0 Å². The lowest BCUT2D eigenvalue weighted by Crippen LogP contribution is -2.52. The van der Waals surface area contributed by atoms with E-state index in [2.05, 4.69) is 0 Å². The predicted molar refractivity (Wildman–Crippen MR) is 69.8 cm³/mol. The minimum absolute atomic E-state index is 0.499. The molecule has 0 unspecified atom stereocenters. The number of nitrogens with zero attached hydrogens (tertiary/aromatic N) is 2. The van der Waals surface area contributed by atoms with Crippen LogP contribution in [0.2, 0.25) is 0 Å². The van der Waals surface area contributed by atoms with Gasteiger partial charge in [-0.25, -0.2) is 0 Å². The van der Waals surface area contributed by atoms with E-state index in [1.807, 2.05) is 0 Å². The first kappa shape index (κ1) is 13.8. The van der Waals surface area contributed by atoms with Crippen molar-refractivity contribution in [2.24, 2.45) is 0 Å². The van der Waals surface area contributed by atoms with Crippen molar-refractivity contribution < 1.29 is 17.9 Å². The van der Waals surface area contributed by atoms with E-state index in [0.29, 0.717) is 52.2 Å². The van der Waals surface area contributed by atoms with Gasteiger partial charge in [-0.15, -0.1) is 0 Å². The molecule has 1 spiro atoms. The minimum atomic E-state index is -3.28. The lowest BCUT2D eigenvalue weighted by molar-refractivity contribution is -0.179. The second kappa shape index (κ2) is 5.29. The van der Waals surface area contributed by atoms with Crippen LogP contribution in [-0.2, 0) is 19.7 Å². The molecule has 0 aromatic rings. The number of ether oxygens (including phenoxy) is 2. The largest absolute Gasteiger partial charge is 0.347 e. The second-order valence-electron chi connectivity index (χ2n) is 5.47. The molecule has 110 valence electrons. The zero-order valence-corrected chi connectivity index (χ0v) is 12.0. The van der Waals surface area contributed by atoms with Crippen LogP contribution in [0.1, 0.15) is 32.1 Å². The standard InChI is InChI=1S/C12H22N2O4S/c15-19(16,13-6-2-1-3-7-13)14-8-4-12(5-9-14)17-10-11-18-12/h1-11H2. The van der Waals surface area contributed by atoms with Gasteiger partial charge in [-0.05, 0) is 12.8 Å². The van der Waals surface area contributed by atoms with Crippen LogP contribution in [0, 0.1) is 0 Å². The van der Waals surface area contributed by atoms with Crippen molar-refractivity contribution in [3.63, 3.8) is 0 Å². The molecule has 3 saturated heterocycles. The van der Waals surface area contributed by atoms with Crippen molar-refractivity contribution in [2.75, 3.05) is 39.4 Å². The van der Waals surface area contributed by atoms with Gasteiger partial charge in [0.25, 0.3) is 10.2 Å². The Morgan fingerprint density at radius 1 is 0.789 bits per heavy atom. The van der Waals surface area contributed by atoms with Gasteiger partial charge in [-0.3, -0.25) is 0 Å². The summed E-state index contributed by atoms with van der Waals surface area (Å²) in [6.45, 7) is 3.57. The van der Waals surface area contributed by atoms with E-state index in [-0.39, 0.29) is 0 Å². The molecule has 3 aliphatic heterocycles. The monoisotopic (exact) mass is 290 g/mol. The molecule has 3 rings (SSSR count). The van der Waals surface area contributed by atoms with E-state index < -0.39 is 16.0 Å². The molecule has 0 saturated carbocycles. The van der Waals surface area contributed by atoms with Crippen LogP contribution in [0.15, 0.2) is 0 Å². The summed E-state index contributed by atoms with van der Waals surface area (Å²) in [6, 6.07) is 0. The Kier molecular flexibility index (Phi) is 3.83. The Bertz CT molecular complexity index is 403. The molecular formula is C12H22N2O4S. The molecule has 19 heavy (non-hydrogen) atoms. The molecule has 6 nitrogen and oxygen atoms in total. The molecule has 0 amide bonds. The summed E-state index contributed by atoms with van der Waals surface area (Å²) < 4.78 is 39.5. The van der Waals surface area contributed by atoms with Gasteiger partial charge in [0.05, 0.1) is 13.2 Å². The molecular weight excluding hydrogens is 268 g/mol. The molecule has 3 heterocycles. The Labute approximate surface area is 114 Å². The van der Waals surface area contributed by atoms with Gasteiger partial charge in [0.1, 0.15) is 0 Å². The number of rotatable bonds is 2. The van der Waals surface area contributed by atoms with Crippen molar-refractivity contribution >= 4 is 10.2 Å². The third kappa shape index (κ3) is 2.67. The van der Waals surface area contributed by atoms with E-state index in [4.69, 9.17) is 9.47 Å². The summed E-state index contributed by atoms with van der Waals surface area (Å²) in [6.07, 6.45) is 4.36. The number of piperidine rings is 2. The Balaban J connectivity index is 1.63.